The average Bonchev–Trinajstić information content (AvgIpc) is 2.79. The summed E-state index contributed by atoms with van der Waals surface area (Å²) in [5.41, 5.74) is 4.23. The van der Waals surface area contributed by atoms with Crippen LogP contribution in [0, 0.1) is 36.5 Å². The maximum Gasteiger partial charge on any atom is 0.145 e. The summed E-state index contributed by atoms with van der Waals surface area (Å²) in [4.78, 5) is 0. The van der Waals surface area contributed by atoms with Crippen LogP contribution in [-0.2, 0) is 0 Å². The minimum absolute atomic E-state index is 0.0451. The molecule has 0 saturated carbocycles. The summed E-state index contributed by atoms with van der Waals surface area (Å²) >= 11 is 0. The van der Waals surface area contributed by atoms with Gasteiger partial charge >= 0.3 is 0 Å². The third-order valence-electron chi connectivity index (χ3n) is 3.00. The number of anilines is 1. The van der Waals surface area contributed by atoms with Crippen molar-refractivity contribution in [2.45, 2.75) is 13.8 Å². The largest absolute Gasteiger partial charge is 0.360 e. The molecule has 4 heteroatoms. The van der Waals surface area contributed by atoms with Crippen LogP contribution >= 0.6 is 0 Å². The minimum Gasteiger partial charge on any atom is -0.360 e. The molecule has 0 atom stereocenters. The SMILES string of the molecule is Cc1ccc(C)n1-c1cccc(NC=C(C#N)C#N)c1. The zero-order valence-electron chi connectivity index (χ0n) is 11.4. The first-order chi connectivity index (χ1) is 9.65. The van der Waals surface area contributed by atoms with Gasteiger partial charge < -0.3 is 9.88 Å². The fraction of sp³-hybridized carbons (Fsp3) is 0.125. The van der Waals surface area contributed by atoms with E-state index in [0.29, 0.717) is 0 Å². The number of nitrogens with zero attached hydrogens (tertiary/aromatic N) is 3. The number of nitrogens with one attached hydrogen (secondary N) is 1. The standard InChI is InChI=1S/C16H14N4/c1-12-6-7-13(2)20(12)16-5-3-4-15(8-16)19-11-14(9-17)10-18/h3-8,11,19H,1-2H3. The molecule has 1 heterocycles. The van der Waals surface area contributed by atoms with E-state index in [1.807, 2.05) is 36.4 Å². The van der Waals surface area contributed by atoms with Crippen molar-refractivity contribution in [3.63, 3.8) is 0 Å². The van der Waals surface area contributed by atoms with Gasteiger partial charge in [-0.3, -0.25) is 0 Å². The van der Waals surface area contributed by atoms with Crippen LogP contribution in [0.1, 0.15) is 11.4 Å². The molecule has 0 saturated heterocycles. The van der Waals surface area contributed by atoms with Crippen LogP contribution in [0.15, 0.2) is 48.2 Å². The van der Waals surface area contributed by atoms with Gasteiger partial charge in [0.05, 0.1) is 0 Å². The second-order valence-electron chi connectivity index (χ2n) is 4.43. The van der Waals surface area contributed by atoms with Crippen molar-refractivity contribution in [1.82, 2.24) is 4.57 Å². The van der Waals surface area contributed by atoms with Gasteiger partial charge in [0.25, 0.3) is 0 Å². The van der Waals surface area contributed by atoms with Crippen LogP contribution in [0.5, 0.6) is 0 Å². The number of aryl methyl sites for hydroxylation is 2. The summed E-state index contributed by atoms with van der Waals surface area (Å²) in [5.74, 6) is 0. The molecule has 1 aromatic heterocycles. The third-order valence-corrected chi connectivity index (χ3v) is 3.00. The molecular weight excluding hydrogens is 248 g/mol. The minimum atomic E-state index is 0.0451. The summed E-state index contributed by atoms with van der Waals surface area (Å²) in [6, 6.07) is 15.6. The van der Waals surface area contributed by atoms with E-state index in [9.17, 15) is 0 Å². The van der Waals surface area contributed by atoms with E-state index in [0.717, 1.165) is 22.8 Å². The first-order valence-electron chi connectivity index (χ1n) is 6.18. The number of rotatable bonds is 3. The van der Waals surface area contributed by atoms with Gasteiger partial charge in [-0.2, -0.15) is 10.5 Å². The summed E-state index contributed by atoms with van der Waals surface area (Å²) < 4.78 is 2.14. The highest BCUT2D eigenvalue weighted by atomic mass is 15.0. The highest BCUT2D eigenvalue weighted by molar-refractivity contribution is 5.55. The Bertz CT molecular complexity index is 703. The summed E-state index contributed by atoms with van der Waals surface area (Å²) in [7, 11) is 0. The van der Waals surface area contributed by atoms with E-state index >= 15 is 0 Å². The van der Waals surface area contributed by atoms with Crippen molar-refractivity contribution >= 4 is 5.69 Å². The molecule has 0 amide bonds. The summed E-state index contributed by atoms with van der Waals surface area (Å²) in [6.45, 7) is 4.10. The van der Waals surface area contributed by atoms with Crippen molar-refractivity contribution in [2.75, 3.05) is 5.32 Å². The zero-order chi connectivity index (χ0) is 14.5. The normalized spacial score (nSPS) is 9.40. The predicted molar refractivity (Wildman–Crippen MR) is 78.2 cm³/mol. The van der Waals surface area contributed by atoms with Gasteiger partial charge in [0.15, 0.2) is 0 Å². The van der Waals surface area contributed by atoms with Gasteiger partial charge in [0.2, 0.25) is 0 Å². The predicted octanol–water partition coefficient (Wildman–Crippen LogP) is 3.44. The van der Waals surface area contributed by atoms with Crippen LogP contribution in [0.3, 0.4) is 0 Å². The van der Waals surface area contributed by atoms with Crippen LogP contribution < -0.4 is 5.32 Å². The van der Waals surface area contributed by atoms with Crippen molar-refractivity contribution in [2.24, 2.45) is 0 Å². The lowest BCUT2D eigenvalue weighted by molar-refractivity contribution is 0.966. The van der Waals surface area contributed by atoms with Crippen molar-refractivity contribution in [3.8, 4) is 17.8 Å². The Morgan fingerprint density at radius 2 is 1.75 bits per heavy atom. The Morgan fingerprint density at radius 3 is 2.35 bits per heavy atom. The Labute approximate surface area is 118 Å². The van der Waals surface area contributed by atoms with E-state index in [1.54, 1.807) is 0 Å². The first kappa shape index (κ1) is 13.5. The lowest BCUT2D eigenvalue weighted by Gasteiger charge is -2.11. The van der Waals surface area contributed by atoms with E-state index in [2.05, 4.69) is 35.9 Å². The molecule has 20 heavy (non-hydrogen) atoms. The molecule has 1 N–H and O–H groups in total. The molecule has 0 unspecified atom stereocenters. The van der Waals surface area contributed by atoms with E-state index in [1.165, 1.54) is 6.20 Å². The van der Waals surface area contributed by atoms with Crippen molar-refractivity contribution < 1.29 is 0 Å². The second kappa shape index (κ2) is 5.77. The zero-order valence-corrected chi connectivity index (χ0v) is 11.4. The van der Waals surface area contributed by atoms with E-state index < -0.39 is 0 Å². The molecule has 2 aromatic rings. The highest BCUT2D eigenvalue weighted by Crippen LogP contribution is 2.19. The molecule has 0 bridgehead atoms. The first-order valence-corrected chi connectivity index (χ1v) is 6.18. The molecule has 98 valence electrons. The molecule has 0 radical (unpaired) electrons. The molecule has 0 aliphatic heterocycles. The number of nitriles is 2. The maximum atomic E-state index is 8.70. The van der Waals surface area contributed by atoms with E-state index in [-0.39, 0.29) is 5.57 Å². The van der Waals surface area contributed by atoms with Crippen LogP contribution in [0.25, 0.3) is 5.69 Å². The van der Waals surface area contributed by atoms with Crippen LogP contribution in [-0.4, -0.2) is 4.57 Å². The maximum absolute atomic E-state index is 8.70. The molecule has 0 aliphatic carbocycles. The van der Waals surface area contributed by atoms with Gasteiger partial charge in [-0.25, -0.2) is 0 Å². The van der Waals surface area contributed by atoms with Gasteiger partial charge in [-0.15, -0.1) is 0 Å². The highest BCUT2D eigenvalue weighted by Gasteiger charge is 2.04. The fourth-order valence-electron chi connectivity index (χ4n) is 2.06. The molecule has 1 aromatic carbocycles. The Hall–Kier alpha value is -2.98. The Kier molecular flexibility index (Phi) is 3.88. The number of aromatic nitrogens is 1. The van der Waals surface area contributed by atoms with Crippen molar-refractivity contribution in [3.05, 3.63) is 59.6 Å². The van der Waals surface area contributed by atoms with Gasteiger partial charge in [-0.05, 0) is 44.2 Å². The van der Waals surface area contributed by atoms with Crippen molar-refractivity contribution in [1.29, 1.82) is 10.5 Å². The molecule has 0 aliphatic rings. The smallest absolute Gasteiger partial charge is 0.145 e. The molecule has 2 rings (SSSR count). The number of benzene rings is 1. The average molecular weight is 262 g/mol. The van der Waals surface area contributed by atoms with Crippen LogP contribution in [0.2, 0.25) is 0 Å². The molecule has 4 nitrogen and oxygen atoms in total. The lowest BCUT2D eigenvalue weighted by atomic mass is 10.2. The van der Waals surface area contributed by atoms with Gasteiger partial charge in [0, 0.05) is 29.0 Å². The Balaban J connectivity index is 2.33. The summed E-state index contributed by atoms with van der Waals surface area (Å²) in [5, 5.41) is 20.4. The monoisotopic (exact) mass is 262 g/mol. The van der Waals surface area contributed by atoms with Gasteiger partial charge in [-0.1, -0.05) is 6.07 Å². The molecule has 0 spiro atoms. The number of hydrogen-bond donors (Lipinski definition) is 1. The lowest BCUT2D eigenvalue weighted by Crippen LogP contribution is -1.99. The quantitative estimate of drug-likeness (QED) is 0.862. The van der Waals surface area contributed by atoms with E-state index in [4.69, 9.17) is 10.5 Å². The molecule has 0 fully saturated rings. The topological polar surface area (TPSA) is 64.5 Å². The third kappa shape index (κ3) is 2.71. The van der Waals surface area contributed by atoms with Gasteiger partial charge in [0.1, 0.15) is 17.7 Å². The number of hydrogen-bond acceptors (Lipinski definition) is 3. The second-order valence-corrected chi connectivity index (χ2v) is 4.43. The molecular formula is C16H14N4. The van der Waals surface area contributed by atoms with Crippen LogP contribution in [0.4, 0.5) is 5.69 Å². The number of allylic oxidation sites excluding steroid dienone is 1. The summed E-state index contributed by atoms with van der Waals surface area (Å²) in [6.07, 6.45) is 1.41. The fourth-order valence-corrected chi connectivity index (χ4v) is 2.06. The Morgan fingerprint density at radius 1 is 1.10 bits per heavy atom.